The van der Waals surface area contributed by atoms with Crippen LogP contribution >= 0.6 is 11.3 Å². The van der Waals surface area contributed by atoms with Gasteiger partial charge in [0.05, 0.1) is 11.7 Å². The van der Waals surface area contributed by atoms with Gasteiger partial charge in [0.2, 0.25) is 5.91 Å². The Balaban J connectivity index is 1.61. The Morgan fingerprint density at radius 3 is 2.81 bits per heavy atom. The molecule has 0 saturated heterocycles. The van der Waals surface area contributed by atoms with Crippen molar-refractivity contribution in [3.05, 3.63) is 57.0 Å². The minimum atomic E-state index is -0.787. The number of thiophene rings is 1. The van der Waals surface area contributed by atoms with Crippen molar-refractivity contribution in [2.45, 2.75) is 32.7 Å². The number of carbonyl (C=O) groups excluding carboxylic acids is 1. The van der Waals surface area contributed by atoms with Crippen molar-refractivity contribution >= 4 is 33.1 Å². The van der Waals surface area contributed by atoms with E-state index in [1.807, 2.05) is 0 Å². The summed E-state index contributed by atoms with van der Waals surface area (Å²) in [6.45, 7) is 1.92. The summed E-state index contributed by atoms with van der Waals surface area (Å²) in [4.78, 5) is 31.3. The van der Waals surface area contributed by atoms with E-state index in [1.165, 1.54) is 15.8 Å². The summed E-state index contributed by atoms with van der Waals surface area (Å²) < 4.78 is 27.7. The Kier molecular flexibility index (Phi) is 4.51. The van der Waals surface area contributed by atoms with Gasteiger partial charge in [-0.15, -0.1) is 11.3 Å². The molecule has 27 heavy (non-hydrogen) atoms. The number of halogens is 2. The summed E-state index contributed by atoms with van der Waals surface area (Å²) in [5, 5.41) is 3.00. The summed E-state index contributed by atoms with van der Waals surface area (Å²) >= 11 is 1.54. The molecular formula is C19H17F2N3O2S. The number of hydrogen-bond acceptors (Lipinski definition) is 4. The summed E-state index contributed by atoms with van der Waals surface area (Å²) in [5.41, 5.74) is 0.793. The monoisotopic (exact) mass is 389 g/mol. The molecule has 1 N–H and O–H groups in total. The third kappa shape index (κ3) is 3.49. The minimum Gasteiger partial charge on any atom is -0.324 e. The maximum Gasteiger partial charge on any atom is 0.262 e. The van der Waals surface area contributed by atoms with Crippen molar-refractivity contribution in [1.82, 2.24) is 9.55 Å². The van der Waals surface area contributed by atoms with Gasteiger partial charge in [-0.05, 0) is 42.9 Å². The first-order chi connectivity index (χ1) is 12.9. The molecule has 4 rings (SSSR count). The number of anilines is 1. The highest BCUT2D eigenvalue weighted by Gasteiger charge is 2.23. The van der Waals surface area contributed by atoms with E-state index in [0.29, 0.717) is 16.1 Å². The number of aromatic nitrogens is 2. The highest BCUT2D eigenvalue weighted by molar-refractivity contribution is 7.18. The van der Waals surface area contributed by atoms with Gasteiger partial charge in [0.15, 0.2) is 0 Å². The van der Waals surface area contributed by atoms with Crippen molar-refractivity contribution in [2.24, 2.45) is 5.92 Å². The molecule has 140 valence electrons. The van der Waals surface area contributed by atoms with Gasteiger partial charge in [0.1, 0.15) is 23.0 Å². The second-order valence-corrected chi connectivity index (χ2v) is 8.00. The zero-order valence-electron chi connectivity index (χ0n) is 14.6. The Labute approximate surface area is 157 Å². The number of benzene rings is 1. The van der Waals surface area contributed by atoms with Crippen LogP contribution in [0, 0.1) is 17.6 Å². The fraction of sp³-hybridized carbons (Fsp3) is 0.316. The molecule has 3 aromatic rings. The maximum atomic E-state index is 13.2. The molecule has 1 aliphatic rings. The predicted octanol–water partition coefficient (Wildman–Crippen LogP) is 3.50. The molecule has 1 aromatic carbocycles. The highest BCUT2D eigenvalue weighted by atomic mass is 32.1. The number of fused-ring (bicyclic) bond motifs is 3. The maximum absolute atomic E-state index is 13.2. The Hall–Kier alpha value is -2.61. The molecule has 1 unspecified atom stereocenters. The number of nitrogens with one attached hydrogen (secondary N) is 1. The Bertz CT molecular complexity index is 1090. The second kappa shape index (κ2) is 6.84. The summed E-state index contributed by atoms with van der Waals surface area (Å²) in [6.07, 6.45) is 4.16. The van der Waals surface area contributed by atoms with Gasteiger partial charge in [-0.3, -0.25) is 14.2 Å². The topological polar surface area (TPSA) is 64.0 Å². The van der Waals surface area contributed by atoms with Crippen molar-refractivity contribution < 1.29 is 13.6 Å². The third-order valence-corrected chi connectivity index (χ3v) is 5.90. The lowest BCUT2D eigenvalue weighted by molar-refractivity contribution is -0.116. The van der Waals surface area contributed by atoms with Crippen LogP contribution in [0.2, 0.25) is 0 Å². The zero-order chi connectivity index (χ0) is 19.1. The lowest BCUT2D eigenvalue weighted by Gasteiger charge is -2.17. The highest BCUT2D eigenvalue weighted by Crippen LogP contribution is 2.35. The van der Waals surface area contributed by atoms with Crippen molar-refractivity contribution in [1.29, 1.82) is 0 Å². The Morgan fingerprint density at radius 1 is 1.33 bits per heavy atom. The molecule has 0 bridgehead atoms. The average Bonchev–Trinajstić information content (AvgIpc) is 2.94. The summed E-state index contributed by atoms with van der Waals surface area (Å²) in [7, 11) is 0. The molecule has 2 aromatic heterocycles. The number of carbonyl (C=O) groups is 1. The molecular weight excluding hydrogens is 372 g/mol. The van der Waals surface area contributed by atoms with E-state index in [1.54, 1.807) is 11.3 Å². The first-order valence-corrected chi connectivity index (χ1v) is 9.48. The number of amides is 1. The standard InChI is InChI=1S/C19H17F2N3O2S/c1-10-2-3-14-15(4-10)27-18-17(14)19(26)24(9-22-18)8-16(25)23-13-6-11(20)5-12(21)7-13/h5-7,9-10H,2-4,8H2,1H3,(H,23,25). The molecule has 1 atom stereocenters. The molecule has 0 radical (unpaired) electrons. The molecule has 8 heteroatoms. The van der Waals surface area contributed by atoms with E-state index in [9.17, 15) is 18.4 Å². The van der Waals surface area contributed by atoms with Crippen LogP contribution in [0.4, 0.5) is 14.5 Å². The largest absolute Gasteiger partial charge is 0.324 e. The quantitative estimate of drug-likeness (QED) is 0.746. The minimum absolute atomic E-state index is 0.00138. The van der Waals surface area contributed by atoms with E-state index in [2.05, 4.69) is 17.2 Å². The molecule has 0 aliphatic heterocycles. The summed E-state index contributed by atoms with van der Waals surface area (Å²) in [6, 6.07) is 2.75. The Morgan fingerprint density at radius 2 is 2.07 bits per heavy atom. The lowest BCUT2D eigenvalue weighted by Crippen LogP contribution is -2.28. The van der Waals surface area contributed by atoms with Crippen LogP contribution in [-0.4, -0.2) is 15.5 Å². The molecule has 0 saturated carbocycles. The molecule has 2 heterocycles. The fourth-order valence-corrected chi connectivity index (χ4v) is 4.80. The van der Waals surface area contributed by atoms with E-state index < -0.39 is 17.5 Å². The van der Waals surface area contributed by atoms with E-state index in [0.717, 1.165) is 43.0 Å². The smallest absolute Gasteiger partial charge is 0.262 e. The first kappa shape index (κ1) is 17.8. The number of nitrogens with zero attached hydrogens (tertiary/aromatic N) is 2. The van der Waals surface area contributed by atoms with Crippen LogP contribution < -0.4 is 10.9 Å². The molecule has 1 aliphatic carbocycles. The number of aryl methyl sites for hydroxylation is 1. The average molecular weight is 389 g/mol. The van der Waals surface area contributed by atoms with Gasteiger partial charge in [-0.25, -0.2) is 13.8 Å². The van der Waals surface area contributed by atoms with Gasteiger partial charge in [0, 0.05) is 16.6 Å². The first-order valence-electron chi connectivity index (χ1n) is 8.66. The normalized spacial score (nSPS) is 16.3. The molecule has 0 spiro atoms. The number of rotatable bonds is 3. The SMILES string of the molecule is CC1CCc2c(sc3ncn(CC(=O)Nc4cc(F)cc(F)c4)c(=O)c23)C1. The van der Waals surface area contributed by atoms with Crippen molar-refractivity contribution in [3.8, 4) is 0 Å². The third-order valence-electron chi connectivity index (χ3n) is 4.74. The van der Waals surface area contributed by atoms with Gasteiger partial charge < -0.3 is 5.32 Å². The zero-order valence-corrected chi connectivity index (χ0v) is 15.4. The van der Waals surface area contributed by atoms with Crippen LogP contribution in [-0.2, 0) is 24.2 Å². The number of hydrogen-bond donors (Lipinski definition) is 1. The second-order valence-electron chi connectivity index (χ2n) is 6.92. The summed E-state index contributed by atoms with van der Waals surface area (Å²) in [5.74, 6) is -1.54. The predicted molar refractivity (Wildman–Crippen MR) is 100 cm³/mol. The fourth-order valence-electron chi connectivity index (χ4n) is 3.46. The van der Waals surface area contributed by atoms with Crippen molar-refractivity contribution in [3.63, 3.8) is 0 Å². The molecule has 1 amide bonds. The van der Waals surface area contributed by atoms with Crippen molar-refractivity contribution in [2.75, 3.05) is 5.32 Å². The van der Waals surface area contributed by atoms with Crippen LogP contribution in [0.5, 0.6) is 0 Å². The van der Waals surface area contributed by atoms with E-state index in [-0.39, 0.29) is 17.8 Å². The van der Waals surface area contributed by atoms with E-state index in [4.69, 9.17) is 0 Å². The van der Waals surface area contributed by atoms with Gasteiger partial charge in [-0.1, -0.05) is 6.92 Å². The van der Waals surface area contributed by atoms with Crippen LogP contribution in [0.1, 0.15) is 23.8 Å². The van der Waals surface area contributed by atoms with Gasteiger partial charge in [-0.2, -0.15) is 0 Å². The van der Waals surface area contributed by atoms with Crippen LogP contribution in [0.3, 0.4) is 0 Å². The molecule has 0 fully saturated rings. The lowest BCUT2D eigenvalue weighted by atomic mass is 9.89. The van der Waals surface area contributed by atoms with Gasteiger partial charge >= 0.3 is 0 Å². The molecule has 5 nitrogen and oxygen atoms in total. The van der Waals surface area contributed by atoms with Crippen LogP contribution in [0.25, 0.3) is 10.2 Å². The van der Waals surface area contributed by atoms with Crippen LogP contribution in [0.15, 0.2) is 29.3 Å². The van der Waals surface area contributed by atoms with E-state index >= 15 is 0 Å². The van der Waals surface area contributed by atoms with Gasteiger partial charge in [0.25, 0.3) is 5.56 Å².